The van der Waals surface area contributed by atoms with Crippen LogP contribution in [0.3, 0.4) is 0 Å². The molecule has 3 rings (SSSR count). The number of aromatic carboxylic acids is 1. The van der Waals surface area contributed by atoms with Gasteiger partial charge in [0.1, 0.15) is 0 Å². The lowest BCUT2D eigenvalue weighted by Gasteiger charge is -2.01. The van der Waals surface area contributed by atoms with Gasteiger partial charge < -0.3 is 10.1 Å². The lowest BCUT2D eigenvalue weighted by molar-refractivity contribution is 0.0696. The maximum atomic E-state index is 12.3. The smallest absolute Gasteiger partial charge is 0.335 e. The molecule has 0 fully saturated rings. The number of carboxylic acids is 1. The summed E-state index contributed by atoms with van der Waals surface area (Å²) in [6, 6.07) is 8.14. The van der Waals surface area contributed by atoms with Gasteiger partial charge in [-0.1, -0.05) is 12.1 Å². The zero-order valence-electron chi connectivity index (χ0n) is 10.8. The van der Waals surface area contributed by atoms with E-state index in [4.69, 9.17) is 5.11 Å². The molecule has 21 heavy (non-hydrogen) atoms. The predicted molar refractivity (Wildman–Crippen MR) is 77.4 cm³/mol. The average molecular weight is 301 g/mol. The van der Waals surface area contributed by atoms with Crippen LogP contribution in [0.2, 0.25) is 0 Å². The van der Waals surface area contributed by atoms with Crippen molar-refractivity contribution >= 4 is 27.8 Å². The molecule has 0 bridgehead atoms. The third kappa shape index (κ3) is 2.82. The minimum Gasteiger partial charge on any atom is -0.478 e. The number of hydrogen-bond acceptors (Lipinski definition) is 4. The van der Waals surface area contributed by atoms with Crippen molar-refractivity contribution in [1.82, 2.24) is 15.0 Å². The van der Waals surface area contributed by atoms with Crippen molar-refractivity contribution < 1.29 is 14.1 Å². The number of imidazole rings is 1. The fourth-order valence-electron chi connectivity index (χ4n) is 1.96. The van der Waals surface area contributed by atoms with Gasteiger partial charge in [0.2, 0.25) is 0 Å². The molecule has 0 amide bonds. The summed E-state index contributed by atoms with van der Waals surface area (Å²) in [6.45, 7) is 0. The lowest BCUT2D eigenvalue weighted by atomic mass is 10.1. The number of fused-ring (bicyclic) bond motifs is 1. The van der Waals surface area contributed by atoms with Crippen LogP contribution < -0.4 is 0 Å². The molecular weight excluding hydrogens is 290 g/mol. The standard InChI is InChI=1S/C14H11N3O3S/c18-13(19)10-3-1-2-9(6-10)8-21(20)14-16-11-4-5-15-7-12(11)17-14/h1-7H,8H2,(H,16,17)(H,18,19). The molecule has 1 atom stereocenters. The Hall–Kier alpha value is -2.54. The number of aromatic amines is 1. The van der Waals surface area contributed by atoms with E-state index in [0.29, 0.717) is 16.2 Å². The Balaban J connectivity index is 1.85. The lowest BCUT2D eigenvalue weighted by Crippen LogP contribution is -2.01. The number of rotatable bonds is 4. The number of H-pyrrole nitrogens is 1. The van der Waals surface area contributed by atoms with E-state index >= 15 is 0 Å². The van der Waals surface area contributed by atoms with Gasteiger partial charge in [-0.25, -0.2) is 9.78 Å². The van der Waals surface area contributed by atoms with E-state index in [-0.39, 0.29) is 11.3 Å². The molecular formula is C14H11N3O3S. The Kier molecular flexibility index (Phi) is 3.49. The Labute approximate surface area is 122 Å². The number of carboxylic acid groups (broad SMARTS) is 1. The third-order valence-corrected chi connectivity index (χ3v) is 4.17. The van der Waals surface area contributed by atoms with Crippen molar-refractivity contribution in [2.24, 2.45) is 0 Å². The molecule has 6 nitrogen and oxygen atoms in total. The number of benzene rings is 1. The van der Waals surface area contributed by atoms with Gasteiger partial charge in [-0.15, -0.1) is 0 Å². The van der Waals surface area contributed by atoms with Crippen LogP contribution in [0, 0.1) is 0 Å². The van der Waals surface area contributed by atoms with Crippen LogP contribution in [0.1, 0.15) is 15.9 Å². The van der Waals surface area contributed by atoms with Gasteiger partial charge in [0.25, 0.3) is 0 Å². The SMILES string of the molecule is O=C(O)c1cccc(CS(=O)c2nc3ccncc3[nH]2)c1. The largest absolute Gasteiger partial charge is 0.478 e. The van der Waals surface area contributed by atoms with Gasteiger partial charge in [-0.2, -0.15) is 0 Å². The highest BCUT2D eigenvalue weighted by Crippen LogP contribution is 2.15. The summed E-state index contributed by atoms with van der Waals surface area (Å²) in [7, 11) is -1.38. The highest BCUT2D eigenvalue weighted by molar-refractivity contribution is 7.84. The average Bonchev–Trinajstić information content (AvgIpc) is 2.91. The van der Waals surface area contributed by atoms with Crippen molar-refractivity contribution in [2.75, 3.05) is 0 Å². The van der Waals surface area contributed by atoms with Crippen LogP contribution in [-0.4, -0.2) is 30.2 Å². The second-order valence-corrected chi connectivity index (χ2v) is 5.80. The molecule has 2 aromatic heterocycles. The van der Waals surface area contributed by atoms with Gasteiger partial charge in [0.05, 0.1) is 39.3 Å². The molecule has 0 aliphatic heterocycles. The summed E-state index contributed by atoms with van der Waals surface area (Å²) < 4.78 is 12.3. The number of carbonyl (C=O) groups is 1. The molecule has 0 saturated heterocycles. The molecule has 7 heteroatoms. The summed E-state index contributed by atoms with van der Waals surface area (Å²) in [5.41, 5.74) is 2.29. The first-order valence-electron chi connectivity index (χ1n) is 6.14. The van der Waals surface area contributed by atoms with E-state index < -0.39 is 16.8 Å². The van der Waals surface area contributed by atoms with Crippen LogP contribution in [0.15, 0.2) is 47.9 Å². The first-order chi connectivity index (χ1) is 10.1. The van der Waals surface area contributed by atoms with Crippen molar-refractivity contribution in [3.63, 3.8) is 0 Å². The first kappa shape index (κ1) is 13.4. The summed E-state index contributed by atoms with van der Waals surface area (Å²) in [4.78, 5) is 22.1. The minimum atomic E-state index is -1.38. The van der Waals surface area contributed by atoms with Crippen LogP contribution in [0.5, 0.6) is 0 Å². The number of nitrogens with zero attached hydrogens (tertiary/aromatic N) is 2. The van der Waals surface area contributed by atoms with Gasteiger partial charge >= 0.3 is 5.97 Å². The Bertz CT molecular complexity index is 811. The number of pyridine rings is 1. The van der Waals surface area contributed by atoms with E-state index in [1.165, 1.54) is 12.1 Å². The highest BCUT2D eigenvalue weighted by Gasteiger charge is 2.12. The maximum absolute atomic E-state index is 12.3. The minimum absolute atomic E-state index is 0.179. The van der Waals surface area contributed by atoms with Crippen LogP contribution in [0.25, 0.3) is 11.0 Å². The Morgan fingerprint density at radius 2 is 2.19 bits per heavy atom. The second kappa shape index (κ2) is 5.45. The van der Waals surface area contributed by atoms with Crippen LogP contribution in [0.4, 0.5) is 0 Å². The molecule has 0 spiro atoms. The fraction of sp³-hybridized carbons (Fsp3) is 0.0714. The van der Waals surface area contributed by atoms with E-state index in [2.05, 4.69) is 15.0 Å². The van der Waals surface area contributed by atoms with Crippen molar-refractivity contribution in [2.45, 2.75) is 10.9 Å². The second-order valence-electron chi connectivity index (χ2n) is 4.43. The summed E-state index contributed by atoms with van der Waals surface area (Å²) >= 11 is 0. The van der Waals surface area contributed by atoms with Gasteiger partial charge in [0.15, 0.2) is 5.16 Å². The molecule has 2 heterocycles. The summed E-state index contributed by atoms with van der Waals surface area (Å²) in [5.74, 6) is -0.800. The number of nitrogens with one attached hydrogen (secondary N) is 1. The zero-order valence-corrected chi connectivity index (χ0v) is 11.6. The van der Waals surface area contributed by atoms with E-state index in [1.807, 2.05) is 0 Å². The molecule has 3 aromatic rings. The molecule has 0 saturated carbocycles. The summed E-state index contributed by atoms with van der Waals surface area (Å²) in [6.07, 6.45) is 3.24. The topological polar surface area (TPSA) is 95.9 Å². The van der Waals surface area contributed by atoms with E-state index in [1.54, 1.807) is 30.6 Å². The normalized spacial score (nSPS) is 12.4. The first-order valence-corrected chi connectivity index (χ1v) is 7.46. The third-order valence-electron chi connectivity index (χ3n) is 2.95. The molecule has 106 valence electrons. The van der Waals surface area contributed by atoms with Crippen molar-refractivity contribution in [1.29, 1.82) is 0 Å². The van der Waals surface area contributed by atoms with E-state index in [0.717, 1.165) is 5.52 Å². The molecule has 0 aliphatic carbocycles. The number of hydrogen-bond donors (Lipinski definition) is 2. The van der Waals surface area contributed by atoms with E-state index in [9.17, 15) is 9.00 Å². The molecule has 2 N–H and O–H groups in total. The molecule has 1 aromatic carbocycles. The van der Waals surface area contributed by atoms with Gasteiger partial charge in [0, 0.05) is 6.20 Å². The molecule has 0 aliphatic rings. The zero-order chi connectivity index (χ0) is 14.8. The van der Waals surface area contributed by atoms with Crippen LogP contribution in [-0.2, 0) is 16.6 Å². The maximum Gasteiger partial charge on any atom is 0.335 e. The van der Waals surface area contributed by atoms with Gasteiger partial charge in [-0.05, 0) is 23.8 Å². The fourth-order valence-corrected chi connectivity index (χ4v) is 3.00. The quantitative estimate of drug-likeness (QED) is 0.768. The predicted octanol–water partition coefficient (Wildman–Crippen LogP) is 1.96. The van der Waals surface area contributed by atoms with Crippen molar-refractivity contribution in [3.05, 3.63) is 53.9 Å². The Morgan fingerprint density at radius 1 is 1.33 bits per heavy atom. The Morgan fingerprint density at radius 3 is 2.95 bits per heavy atom. The van der Waals surface area contributed by atoms with Crippen molar-refractivity contribution in [3.8, 4) is 0 Å². The summed E-state index contributed by atoms with van der Waals surface area (Å²) in [5, 5.41) is 9.31. The molecule has 0 radical (unpaired) electrons. The number of aromatic nitrogens is 3. The highest BCUT2D eigenvalue weighted by atomic mass is 32.2. The van der Waals surface area contributed by atoms with Crippen LogP contribution >= 0.6 is 0 Å². The monoisotopic (exact) mass is 301 g/mol. The molecule has 1 unspecified atom stereocenters. The van der Waals surface area contributed by atoms with Gasteiger partial charge in [-0.3, -0.25) is 9.19 Å².